The molecule has 0 unspecified atom stereocenters. The van der Waals surface area contributed by atoms with Crippen LogP contribution in [0.3, 0.4) is 0 Å². The summed E-state index contributed by atoms with van der Waals surface area (Å²) in [5, 5.41) is 3.18. The van der Waals surface area contributed by atoms with Gasteiger partial charge in [-0.3, -0.25) is 4.90 Å². The number of nitrogens with zero attached hydrogens (tertiary/aromatic N) is 1. The van der Waals surface area contributed by atoms with Crippen molar-refractivity contribution in [3.63, 3.8) is 0 Å². The fourth-order valence-electron chi connectivity index (χ4n) is 4.05. The molecule has 1 N–H and O–H groups in total. The first-order valence-corrected chi connectivity index (χ1v) is 8.24. The van der Waals surface area contributed by atoms with Crippen molar-refractivity contribution >= 4 is 0 Å². The van der Waals surface area contributed by atoms with Crippen LogP contribution in [0.4, 0.5) is 0 Å². The molecule has 2 aliphatic rings. The molecule has 2 heterocycles. The average molecular weight is 276 g/mol. The maximum atomic E-state index is 5.57. The average Bonchev–Trinajstić information content (AvgIpc) is 2.90. The molecule has 1 aliphatic heterocycles. The van der Waals surface area contributed by atoms with Gasteiger partial charge in [-0.05, 0) is 57.3 Å². The fourth-order valence-corrected chi connectivity index (χ4v) is 4.05. The second-order valence-electron chi connectivity index (χ2n) is 6.74. The molecule has 1 aromatic heterocycles. The Labute approximate surface area is 122 Å². The lowest BCUT2D eigenvalue weighted by atomic mass is 9.68. The van der Waals surface area contributed by atoms with Crippen molar-refractivity contribution in [2.75, 3.05) is 20.1 Å². The number of hydrogen-bond donors (Lipinski definition) is 1. The van der Waals surface area contributed by atoms with Gasteiger partial charge in [-0.15, -0.1) is 0 Å². The first kappa shape index (κ1) is 14.2. The topological polar surface area (TPSA) is 28.4 Å². The van der Waals surface area contributed by atoms with Crippen molar-refractivity contribution in [1.82, 2.24) is 10.2 Å². The zero-order valence-corrected chi connectivity index (χ0v) is 12.8. The van der Waals surface area contributed by atoms with Crippen LogP contribution in [0.1, 0.15) is 56.3 Å². The largest absolute Gasteiger partial charge is 0.468 e. The van der Waals surface area contributed by atoms with E-state index in [1.54, 1.807) is 0 Å². The van der Waals surface area contributed by atoms with Crippen molar-refractivity contribution in [2.45, 2.75) is 58.0 Å². The van der Waals surface area contributed by atoms with Crippen LogP contribution in [0, 0.1) is 5.41 Å². The molecule has 2 fully saturated rings. The summed E-state index contributed by atoms with van der Waals surface area (Å²) in [6.07, 6.45) is 12.0. The van der Waals surface area contributed by atoms with Crippen molar-refractivity contribution in [3.05, 3.63) is 23.7 Å². The van der Waals surface area contributed by atoms with Gasteiger partial charge in [-0.1, -0.05) is 19.3 Å². The first-order chi connectivity index (χ1) is 9.81. The van der Waals surface area contributed by atoms with Crippen LogP contribution < -0.4 is 5.32 Å². The minimum absolute atomic E-state index is 0.707. The Morgan fingerprint density at radius 2 is 1.90 bits per heavy atom. The van der Waals surface area contributed by atoms with Crippen LogP contribution >= 0.6 is 0 Å². The van der Waals surface area contributed by atoms with Gasteiger partial charge in [0.2, 0.25) is 0 Å². The monoisotopic (exact) mass is 276 g/mol. The summed E-state index contributed by atoms with van der Waals surface area (Å²) < 4.78 is 5.57. The molecule has 3 rings (SSSR count). The van der Waals surface area contributed by atoms with Crippen LogP contribution in [0.2, 0.25) is 0 Å². The number of hydrogen-bond acceptors (Lipinski definition) is 3. The van der Waals surface area contributed by atoms with E-state index in [-0.39, 0.29) is 0 Å². The Hall–Kier alpha value is -0.800. The Kier molecular flexibility index (Phi) is 4.47. The van der Waals surface area contributed by atoms with E-state index in [4.69, 9.17) is 4.42 Å². The summed E-state index contributed by atoms with van der Waals surface area (Å²) in [7, 11) is 1.97. The van der Waals surface area contributed by atoms with Crippen molar-refractivity contribution in [2.24, 2.45) is 5.41 Å². The molecule has 0 bridgehead atoms. The highest BCUT2D eigenvalue weighted by molar-refractivity contribution is 5.17. The predicted octanol–water partition coefficient (Wildman–Crippen LogP) is 3.55. The smallest absolute Gasteiger partial charge is 0.122 e. The third-order valence-electron chi connectivity index (χ3n) is 5.40. The van der Waals surface area contributed by atoms with Crippen molar-refractivity contribution < 1.29 is 4.42 Å². The normalized spacial score (nSPS) is 23.2. The lowest BCUT2D eigenvalue weighted by molar-refractivity contribution is 0.0638. The fraction of sp³-hybridized carbons (Fsp3) is 0.765. The second-order valence-corrected chi connectivity index (χ2v) is 6.74. The van der Waals surface area contributed by atoms with E-state index < -0.39 is 0 Å². The predicted molar refractivity (Wildman–Crippen MR) is 81.5 cm³/mol. The van der Waals surface area contributed by atoms with E-state index in [2.05, 4.69) is 16.3 Å². The van der Waals surface area contributed by atoms with Crippen molar-refractivity contribution in [1.29, 1.82) is 0 Å². The highest BCUT2D eigenvalue weighted by Gasteiger charge is 2.35. The summed E-state index contributed by atoms with van der Waals surface area (Å²) in [6.45, 7) is 4.43. The summed E-state index contributed by atoms with van der Waals surface area (Å²) >= 11 is 0. The van der Waals surface area contributed by atoms with Gasteiger partial charge >= 0.3 is 0 Å². The van der Waals surface area contributed by atoms with E-state index in [0.29, 0.717) is 5.41 Å². The number of piperidine rings is 1. The van der Waals surface area contributed by atoms with E-state index in [9.17, 15) is 0 Å². The molecule has 3 nitrogen and oxygen atoms in total. The summed E-state index contributed by atoms with van der Waals surface area (Å²) in [6, 6.07) is 2.14. The maximum Gasteiger partial charge on any atom is 0.122 e. The van der Waals surface area contributed by atoms with Gasteiger partial charge in [0.1, 0.15) is 5.76 Å². The van der Waals surface area contributed by atoms with Crippen molar-refractivity contribution in [3.8, 4) is 0 Å². The zero-order valence-electron chi connectivity index (χ0n) is 12.8. The standard InChI is InChI=1S/C17H28N2O/c1-18-13-16-15(5-12-20-16)14-19-10-8-17(9-11-19)6-3-2-4-7-17/h5,12,18H,2-4,6-11,13-14H2,1H3. The molecule has 0 radical (unpaired) electrons. The Morgan fingerprint density at radius 1 is 1.15 bits per heavy atom. The van der Waals surface area contributed by atoms with E-state index in [1.165, 1.54) is 63.6 Å². The molecule has 0 aromatic carbocycles. The lowest BCUT2D eigenvalue weighted by Crippen LogP contribution is -2.40. The third kappa shape index (κ3) is 3.09. The molecule has 1 saturated heterocycles. The molecule has 112 valence electrons. The van der Waals surface area contributed by atoms with Gasteiger partial charge in [0.05, 0.1) is 12.8 Å². The van der Waals surface area contributed by atoms with Crippen LogP contribution in [0.5, 0.6) is 0 Å². The Bertz CT molecular complexity index is 410. The number of rotatable bonds is 4. The molecular formula is C17H28N2O. The van der Waals surface area contributed by atoms with Gasteiger partial charge in [0.15, 0.2) is 0 Å². The van der Waals surface area contributed by atoms with Crippen LogP contribution in [0.25, 0.3) is 0 Å². The first-order valence-electron chi connectivity index (χ1n) is 8.24. The van der Waals surface area contributed by atoms with Gasteiger partial charge in [-0.25, -0.2) is 0 Å². The molecular weight excluding hydrogens is 248 g/mol. The Morgan fingerprint density at radius 3 is 2.60 bits per heavy atom. The SMILES string of the molecule is CNCc1occc1CN1CCC2(CCCCC2)CC1. The number of furan rings is 1. The minimum atomic E-state index is 0.707. The van der Waals surface area contributed by atoms with Gasteiger partial charge < -0.3 is 9.73 Å². The van der Waals surface area contributed by atoms with E-state index in [1.807, 2.05) is 13.3 Å². The molecule has 1 aromatic rings. The highest BCUT2D eigenvalue weighted by atomic mass is 16.3. The molecule has 20 heavy (non-hydrogen) atoms. The number of likely N-dealkylation sites (tertiary alicyclic amines) is 1. The number of nitrogens with one attached hydrogen (secondary N) is 1. The van der Waals surface area contributed by atoms with Gasteiger partial charge in [0, 0.05) is 12.1 Å². The summed E-state index contributed by atoms with van der Waals surface area (Å²) in [5.41, 5.74) is 2.07. The molecule has 0 atom stereocenters. The summed E-state index contributed by atoms with van der Waals surface area (Å²) in [4.78, 5) is 2.61. The van der Waals surface area contributed by atoms with Crippen LogP contribution in [-0.4, -0.2) is 25.0 Å². The van der Waals surface area contributed by atoms with E-state index >= 15 is 0 Å². The molecule has 3 heteroatoms. The maximum absolute atomic E-state index is 5.57. The minimum Gasteiger partial charge on any atom is -0.468 e. The third-order valence-corrected chi connectivity index (χ3v) is 5.40. The molecule has 1 saturated carbocycles. The van der Waals surface area contributed by atoms with Gasteiger partial charge in [-0.2, -0.15) is 0 Å². The summed E-state index contributed by atoms with van der Waals surface area (Å²) in [5.74, 6) is 1.10. The Balaban J connectivity index is 1.54. The van der Waals surface area contributed by atoms with Crippen LogP contribution in [0.15, 0.2) is 16.7 Å². The quantitative estimate of drug-likeness (QED) is 0.911. The molecule has 0 amide bonds. The van der Waals surface area contributed by atoms with E-state index in [0.717, 1.165) is 18.8 Å². The zero-order chi connectivity index (χ0) is 13.8. The second kappa shape index (κ2) is 6.31. The van der Waals surface area contributed by atoms with Crippen LogP contribution in [-0.2, 0) is 13.1 Å². The van der Waals surface area contributed by atoms with Gasteiger partial charge in [0.25, 0.3) is 0 Å². The molecule has 1 spiro atoms. The molecule has 1 aliphatic carbocycles. The highest BCUT2D eigenvalue weighted by Crippen LogP contribution is 2.44. The lowest BCUT2D eigenvalue weighted by Gasteiger charge is -2.44.